The first-order chi connectivity index (χ1) is 18.4. The number of benzene rings is 1. The van der Waals surface area contributed by atoms with Crippen LogP contribution < -0.4 is 16.4 Å². The van der Waals surface area contributed by atoms with Crippen molar-refractivity contribution in [2.45, 2.75) is 110 Å². The molecule has 0 aliphatic heterocycles. The number of phenols is 1. The van der Waals surface area contributed by atoms with Gasteiger partial charge in [-0.25, -0.2) is 4.79 Å². The lowest BCUT2D eigenvalue weighted by molar-refractivity contribution is -0.143. The van der Waals surface area contributed by atoms with Crippen molar-refractivity contribution in [2.75, 3.05) is 13.1 Å². The summed E-state index contributed by atoms with van der Waals surface area (Å²) in [5.41, 5.74) is 5.03. The highest BCUT2D eigenvalue weighted by atomic mass is 16.6. The number of alkyl carbamates (subject to hydrolysis) is 1. The van der Waals surface area contributed by atoms with Crippen molar-refractivity contribution in [1.82, 2.24) is 15.5 Å². The quantitative estimate of drug-likeness (QED) is 0.213. The highest BCUT2D eigenvalue weighted by Gasteiger charge is 2.36. The van der Waals surface area contributed by atoms with Gasteiger partial charge in [0, 0.05) is 13.1 Å². The lowest BCUT2D eigenvalue weighted by atomic mass is 10.0. The number of primary amides is 1. The van der Waals surface area contributed by atoms with Gasteiger partial charge in [-0.15, -0.1) is 0 Å². The van der Waals surface area contributed by atoms with E-state index in [0.717, 1.165) is 44.9 Å². The van der Waals surface area contributed by atoms with Gasteiger partial charge in [0.15, 0.2) is 0 Å². The Morgan fingerprint density at radius 1 is 1.00 bits per heavy atom. The molecular weight excluding hydrogens is 500 g/mol. The van der Waals surface area contributed by atoms with Gasteiger partial charge in [-0.2, -0.15) is 0 Å². The summed E-state index contributed by atoms with van der Waals surface area (Å²) >= 11 is 0. The second-order valence-electron chi connectivity index (χ2n) is 10.8. The molecule has 1 aromatic rings. The molecule has 2 unspecified atom stereocenters. The SMILES string of the molecule is CCCCCCCN(C(=O)C(CC(N)=O)NC(=O)OC(C)(C)C)C(C(=O)NCCCCC)c1cccc(O)c1. The number of aromatic hydroxyl groups is 1. The van der Waals surface area contributed by atoms with E-state index in [1.54, 1.807) is 32.9 Å². The van der Waals surface area contributed by atoms with Crippen LogP contribution in [0.2, 0.25) is 0 Å². The fourth-order valence-corrected chi connectivity index (χ4v) is 4.15. The molecule has 1 aromatic carbocycles. The summed E-state index contributed by atoms with van der Waals surface area (Å²) in [4.78, 5) is 53.4. The third kappa shape index (κ3) is 13.4. The zero-order valence-corrected chi connectivity index (χ0v) is 24.3. The van der Waals surface area contributed by atoms with Crippen LogP contribution in [0.3, 0.4) is 0 Å². The van der Waals surface area contributed by atoms with E-state index in [2.05, 4.69) is 24.5 Å². The number of hydrogen-bond acceptors (Lipinski definition) is 6. The molecule has 0 heterocycles. The molecule has 0 aliphatic rings. The van der Waals surface area contributed by atoms with Crippen molar-refractivity contribution < 1.29 is 29.0 Å². The predicted molar refractivity (Wildman–Crippen MR) is 151 cm³/mol. The Hall–Kier alpha value is -3.30. The van der Waals surface area contributed by atoms with Gasteiger partial charge in [0.05, 0.1) is 6.42 Å². The molecule has 0 radical (unpaired) electrons. The second kappa shape index (κ2) is 17.3. The summed E-state index contributed by atoms with van der Waals surface area (Å²) in [6, 6.07) is 3.77. The van der Waals surface area contributed by atoms with Crippen molar-refractivity contribution in [3.05, 3.63) is 29.8 Å². The smallest absolute Gasteiger partial charge is 0.408 e. The molecule has 2 atom stereocenters. The Morgan fingerprint density at radius 2 is 1.64 bits per heavy atom. The Kier molecular flexibility index (Phi) is 15.0. The van der Waals surface area contributed by atoms with Gasteiger partial charge in [0.2, 0.25) is 17.7 Å². The van der Waals surface area contributed by atoms with Crippen LogP contribution >= 0.6 is 0 Å². The fourth-order valence-electron chi connectivity index (χ4n) is 4.15. The predicted octanol–water partition coefficient (Wildman–Crippen LogP) is 4.31. The summed E-state index contributed by atoms with van der Waals surface area (Å²) in [5, 5.41) is 15.6. The Balaban J connectivity index is 3.42. The van der Waals surface area contributed by atoms with Gasteiger partial charge in [-0.3, -0.25) is 14.4 Å². The minimum atomic E-state index is -1.33. The highest BCUT2D eigenvalue weighted by molar-refractivity contribution is 5.94. The number of amides is 4. The molecule has 0 aromatic heterocycles. The standard InChI is InChI=1S/C29H48N4O6/c1-6-8-10-11-13-18-33(27(37)23(20-24(30)35)32-28(38)39-29(3,4)5)25(21-15-14-16-22(34)19-21)26(36)31-17-12-9-7-2/h14-16,19,23,25,34H,6-13,17-18,20H2,1-5H3,(H2,30,35)(H,31,36)(H,32,38). The van der Waals surface area contributed by atoms with Crippen molar-refractivity contribution in [2.24, 2.45) is 5.73 Å². The molecule has 0 fully saturated rings. The number of carbonyl (C=O) groups excluding carboxylic acids is 4. The molecule has 0 saturated heterocycles. The number of unbranched alkanes of at least 4 members (excludes halogenated alkanes) is 6. The molecule has 220 valence electrons. The van der Waals surface area contributed by atoms with Gasteiger partial charge < -0.3 is 31.1 Å². The summed E-state index contributed by atoms with van der Waals surface area (Å²) in [6.45, 7) is 9.85. The maximum atomic E-state index is 14.0. The van der Waals surface area contributed by atoms with Crippen LogP contribution in [-0.2, 0) is 19.1 Å². The summed E-state index contributed by atoms with van der Waals surface area (Å²) in [6.07, 6.45) is 5.89. The highest BCUT2D eigenvalue weighted by Crippen LogP contribution is 2.26. The normalized spacial score (nSPS) is 12.7. The molecule has 0 aliphatic carbocycles. The molecule has 0 saturated carbocycles. The van der Waals surface area contributed by atoms with E-state index in [0.29, 0.717) is 18.5 Å². The molecule has 39 heavy (non-hydrogen) atoms. The molecule has 0 spiro atoms. The van der Waals surface area contributed by atoms with Gasteiger partial charge in [-0.1, -0.05) is 64.5 Å². The molecule has 1 rings (SSSR count). The van der Waals surface area contributed by atoms with E-state index in [4.69, 9.17) is 10.5 Å². The van der Waals surface area contributed by atoms with Crippen LogP contribution in [0.15, 0.2) is 24.3 Å². The van der Waals surface area contributed by atoms with Gasteiger partial charge >= 0.3 is 6.09 Å². The first-order valence-electron chi connectivity index (χ1n) is 14.0. The number of carbonyl (C=O) groups is 4. The van der Waals surface area contributed by atoms with E-state index in [1.165, 1.54) is 17.0 Å². The van der Waals surface area contributed by atoms with Gasteiger partial charge in [0.1, 0.15) is 23.4 Å². The molecule has 10 nitrogen and oxygen atoms in total. The van der Waals surface area contributed by atoms with Crippen LogP contribution in [0.4, 0.5) is 4.79 Å². The molecule has 5 N–H and O–H groups in total. The molecule has 0 bridgehead atoms. The van der Waals surface area contributed by atoms with Gasteiger partial charge in [0.25, 0.3) is 0 Å². The van der Waals surface area contributed by atoms with Crippen molar-refractivity contribution >= 4 is 23.8 Å². The Morgan fingerprint density at radius 3 is 2.23 bits per heavy atom. The van der Waals surface area contributed by atoms with Crippen LogP contribution in [0.25, 0.3) is 0 Å². The number of rotatable bonds is 17. The van der Waals surface area contributed by atoms with Crippen molar-refractivity contribution in [3.63, 3.8) is 0 Å². The zero-order valence-electron chi connectivity index (χ0n) is 24.3. The van der Waals surface area contributed by atoms with Crippen molar-refractivity contribution in [1.29, 1.82) is 0 Å². The van der Waals surface area contributed by atoms with E-state index in [9.17, 15) is 24.3 Å². The molecular formula is C29H48N4O6. The molecule has 10 heteroatoms. The number of phenolic OH excluding ortho intramolecular Hbond substituents is 1. The van der Waals surface area contributed by atoms with Crippen molar-refractivity contribution in [3.8, 4) is 5.75 Å². The monoisotopic (exact) mass is 548 g/mol. The Labute approximate surface area is 233 Å². The minimum absolute atomic E-state index is 0.0489. The second-order valence-corrected chi connectivity index (χ2v) is 10.8. The fraction of sp³-hybridized carbons (Fsp3) is 0.655. The number of hydrogen-bond donors (Lipinski definition) is 4. The van der Waals surface area contributed by atoms with Gasteiger partial charge in [-0.05, 0) is 51.3 Å². The first-order valence-corrected chi connectivity index (χ1v) is 14.0. The zero-order chi connectivity index (χ0) is 29.4. The van der Waals surface area contributed by atoms with E-state index in [1.807, 2.05) is 0 Å². The van der Waals surface area contributed by atoms with Crippen LogP contribution in [0.1, 0.15) is 104 Å². The van der Waals surface area contributed by atoms with E-state index >= 15 is 0 Å². The average Bonchev–Trinajstić information content (AvgIpc) is 2.83. The minimum Gasteiger partial charge on any atom is -0.508 e. The topological polar surface area (TPSA) is 151 Å². The third-order valence-corrected chi connectivity index (χ3v) is 6.01. The lowest BCUT2D eigenvalue weighted by Crippen LogP contribution is -2.54. The molecule has 4 amide bonds. The largest absolute Gasteiger partial charge is 0.508 e. The summed E-state index contributed by atoms with van der Waals surface area (Å²) in [5.74, 6) is -1.88. The maximum Gasteiger partial charge on any atom is 0.408 e. The first kappa shape index (κ1) is 33.7. The van der Waals surface area contributed by atoms with E-state index < -0.39 is 47.9 Å². The van der Waals surface area contributed by atoms with Crippen LogP contribution in [0, 0.1) is 0 Å². The van der Waals surface area contributed by atoms with Crippen LogP contribution in [0.5, 0.6) is 5.75 Å². The Bertz CT molecular complexity index is 931. The lowest BCUT2D eigenvalue weighted by Gasteiger charge is -2.34. The van der Waals surface area contributed by atoms with E-state index in [-0.39, 0.29) is 12.3 Å². The van der Waals surface area contributed by atoms with Crippen LogP contribution in [-0.4, -0.2) is 58.6 Å². The number of ether oxygens (including phenoxy) is 1. The number of nitrogens with one attached hydrogen (secondary N) is 2. The third-order valence-electron chi connectivity index (χ3n) is 6.01. The average molecular weight is 549 g/mol. The number of nitrogens with zero attached hydrogens (tertiary/aromatic N) is 1. The maximum absolute atomic E-state index is 14.0. The summed E-state index contributed by atoms with van der Waals surface area (Å²) < 4.78 is 5.30. The summed E-state index contributed by atoms with van der Waals surface area (Å²) in [7, 11) is 0. The number of nitrogens with two attached hydrogens (primary N) is 1.